The van der Waals surface area contributed by atoms with Gasteiger partial charge in [-0.1, -0.05) is 0 Å². The van der Waals surface area contributed by atoms with Crippen LogP contribution in [0.3, 0.4) is 0 Å². The summed E-state index contributed by atoms with van der Waals surface area (Å²) in [6.07, 6.45) is 0.516. The third-order valence-corrected chi connectivity index (χ3v) is 3.46. The van der Waals surface area contributed by atoms with Crippen molar-refractivity contribution >= 4 is 28.6 Å². The first kappa shape index (κ1) is 10.3. The quantitative estimate of drug-likeness (QED) is 0.892. The van der Waals surface area contributed by atoms with E-state index in [0.29, 0.717) is 12.1 Å². The van der Waals surface area contributed by atoms with Crippen molar-refractivity contribution in [2.45, 2.75) is 12.3 Å². The van der Waals surface area contributed by atoms with E-state index in [4.69, 9.17) is 5.11 Å². The minimum absolute atomic E-state index is 0.516. The van der Waals surface area contributed by atoms with Gasteiger partial charge in [-0.25, -0.2) is 4.98 Å². The molecule has 5 heteroatoms. The summed E-state index contributed by atoms with van der Waals surface area (Å²) in [5.74, 6) is -1.34. The Morgan fingerprint density at radius 1 is 1.47 bits per heavy atom. The summed E-state index contributed by atoms with van der Waals surface area (Å²) in [5, 5.41) is 14.8. The van der Waals surface area contributed by atoms with Crippen molar-refractivity contribution in [3.8, 4) is 0 Å². The number of thiophene rings is 1. The molecule has 2 rings (SSSR count). The topological polar surface area (TPSA) is 50.2 Å². The minimum Gasteiger partial charge on any atom is -0.481 e. The Balaban J connectivity index is 2.18. The van der Waals surface area contributed by atoms with Gasteiger partial charge in [0, 0.05) is 5.38 Å². The maximum absolute atomic E-state index is 11.1. The SMILES string of the molecule is O=C(O)C(Cc1ccsc1)c1cscn1. The van der Waals surface area contributed by atoms with Crippen LogP contribution < -0.4 is 0 Å². The summed E-state index contributed by atoms with van der Waals surface area (Å²) < 4.78 is 0. The number of thiazole rings is 1. The average Bonchev–Trinajstić information content (AvgIpc) is 2.87. The number of aliphatic carboxylic acids is 1. The molecule has 0 saturated carbocycles. The van der Waals surface area contributed by atoms with Crippen LogP contribution >= 0.6 is 22.7 Å². The second-order valence-corrected chi connectivity index (χ2v) is 4.64. The normalized spacial score (nSPS) is 12.5. The minimum atomic E-state index is -0.813. The van der Waals surface area contributed by atoms with E-state index < -0.39 is 11.9 Å². The number of carbonyl (C=O) groups is 1. The first-order valence-corrected chi connectivity index (χ1v) is 6.28. The van der Waals surface area contributed by atoms with Crippen molar-refractivity contribution in [3.63, 3.8) is 0 Å². The number of nitrogens with zero attached hydrogens (tertiary/aromatic N) is 1. The molecule has 2 heterocycles. The molecule has 0 radical (unpaired) electrons. The van der Waals surface area contributed by atoms with Crippen molar-refractivity contribution in [3.05, 3.63) is 39.0 Å². The van der Waals surface area contributed by atoms with Gasteiger partial charge in [-0.15, -0.1) is 11.3 Å². The zero-order valence-electron chi connectivity index (χ0n) is 7.79. The summed E-state index contributed by atoms with van der Waals surface area (Å²) in [4.78, 5) is 15.2. The molecule has 1 unspecified atom stereocenters. The van der Waals surface area contributed by atoms with E-state index >= 15 is 0 Å². The molecular weight excluding hydrogens is 230 g/mol. The van der Waals surface area contributed by atoms with Crippen molar-refractivity contribution < 1.29 is 9.90 Å². The Kier molecular flexibility index (Phi) is 3.13. The van der Waals surface area contributed by atoms with Crippen molar-refractivity contribution in [2.24, 2.45) is 0 Å². The first-order chi connectivity index (χ1) is 7.27. The molecule has 3 nitrogen and oxygen atoms in total. The highest BCUT2D eigenvalue weighted by molar-refractivity contribution is 7.08. The van der Waals surface area contributed by atoms with E-state index in [1.807, 2.05) is 16.8 Å². The fourth-order valence-corrected chi connectivity index (χ4v) is 2.65. The van der Waals surface area contributed by atoms with Crippen LogP contribution in [0.5, 0.6) is 0 Å². The van der Waals surface area contributed by atoms with E-state index in [0.717, 1.165) is 5.56 Å². The number of carboxylic acids is 1. The predicted molar refractivity (Wildman–Crippen MR) is 60.5 cm³/mol. The highest BCUT2D eigenvalue weighted by atomic mass is 32.1. The van der Waals surface area contributed by atoms with Crippen LogP contribution in [0, 0.1) is 0 Å². The Morgan fingerprint density at radius 2 is 2.33 bits per heavy atom. The number of rotatable bonds is 4. The molecule has 0 spiro atoms. The van der Waals surface area contributed by atoms with Gasteiger partial charge in [0.15, 0.2) is 0 Å². The third-order valence-electron chi connectivity index (χ3n) is 2.13. The Morgan fingerprint density at radius 3 is 2.87 bits per heavy atom. The molecule has 2 aromatic rings. The summed E-state index contributed by atoms with van der Waals surface area (Å²) in [7, 11) is 0. The molecule has 0 aliphatic heterocycles. The van der Waals surface area contributed by atoms with Crippen LogP contribution in [0.2, 0.25) is 0 Å². The maximum Gasteiger partial charge on any atom is 0.312 e. The van der Waals surface area contributed by atoms with Crippen LogP contribution in [0.1, 0.15) is 17.2 Å². The number of aromatic nitrogens is 1. The van der Waals surface area contributed by atoms with E-state index in [-0.39, 0.29) is 0 Å². The van der Waals surface area contributed by atoms with Gasteiger partial charge < -0.3 is 5.11 Å². The lowest BCUT2D eigenvalue weighted by molar-refractivity contribution is -0.138. The molecule has 1 N–H and O–H groups in total. The summed E-state index contributed by atoms with van der Waals surface area (Å²) in [5.41, 5.74) is 3.37. The van der Waals surface area contributed by atoms with Crippen LogP contribution in [0.25, 0.3) is 0 Å². The third kappa shape index (κ3) is 2.43. The van der Waals surface area contributed by atoms with Crippen molar-refractivity contribution in [2.75, 3.05) is 0 Å². The maximum atomic E-state index is 11.1. The van der Waals surface area contributed by atoms with Gasteiger partial charge in [-0.3, -0.25) is 4.79 Å². The van der Waals surface area contributed by atoms with Gasteiger partial charge in [0.25, 0.3) is 0 Å². The molecule has 0 aliphatic rings. The van der Waals surface area contributed by atoms with Crippen molar-refractivity contribution in [1.82, 2.24) is 4.98 Å². The molecule has 0 amide bonds. The van der Waals surface area contributed by atoms with Gasteiger partial charge in [-0.2, -0.15) is 11.3 Å². The highest BCUT2D eigenvalue weighted by Crippen LogP contribution is 2.22. The van der Waals surface area contributed by atoms with Gasteiger partial charge >= 0.3 is 5.97 Å². The number of hydrogen-bond donors (Lipinski definition) is 1. The van der Waals surface area contributed by atoms with Gasteiger partial charge in [-0.05, 0) is 28.8 Å². The molecule has 0 saturated heterocycles. The van der Waals surface area contributed by atoms with Gasteiger partial charge in [0.2, 0.25) is 0 Å². The average molecular weight is 239 g/mol. The van der Waals surface area contributed by atoms with Crippen LogP contribution in [0.15, 0.2) is 27.7 Å². The molecule has 2 aromatic heterocycles. The smallest absolute Gasteiger partial charge is 0.312 e. The fraction of sp³-hybridized carbons (Fsp3) is 0.200. The Labute approximate surface area is 95.0 Å². The molecule has 0 aromatic carbocycles. The first-order valence-electron chi connectivity index (χ1n) is 4.39. The van der Waals surface area contributed by atoms with Crippen LogP contribution in [-0.2, 0) is 11.2 Å². The molecule has 0 aliphatic carbocycles. The van der Waals surface area contributed by atoms with E-state index in [2.05, 4.69) is 4.98 Å². The lowest BCUT2D eigenvalue weighted by Gasteiger charge is -2.07. The molecular formula is C10H9NO2S2. The van der Waals surface area contributed by atoms with Gasteiger partial charge in [0.05, 0.1) is 11.2 Å². The van der Waals surface area contributed by atoms with Gasteiger partial charge in [0.1, 0.15) is 5.92 Å². The lowest BCUT2D eigenvalue weighted by Crippen LogP contribution is -2.14. The summed E-state index contributed by atoms with van der Waals surface area (Å²) in [6.45, 7) is 0. The lowest BCUT2D eigenvalue weighted by atomic mass is 9.99. The number of hydrogen-bond acceptors (Lipinski definition) is 4. The predicted octanol–water partition coefficient (Wildman–Crippen LogP) is 2.62. The van der Waals surface area contributed by atoms with Crippen molar-refractivity contribution in [1.29, 1.82) is 0 Å². The summed E-state index contributed by atoms with van der Waals surface area (Å²) >= 11 is 3.01. The fourth-order valence-electron chi connectivity index (χ4n) is 1.36. The zero-order chi connectivity index (χ0) is 10.7. The summed E-state index contributed by atoms with van der Waals surface area (Å²) in [6, 6.07) is 1.95. The molecule has 0 bridgehead atoms. The monoisotopic (exact) mass is 239 g/mol. The van der Waals surface area contributed by atoms with Crippen LogP contribution in [-0.4, -0.2) is 16.1 Å². The van der Waals surface area contributed by atoms with E-state index in [1.54, 1.807) is 22.2 Å². The number of carboxylic acid groups (broad SMARTS) is 1. The molecule has 1 atom stereocenters. The Bertz CT molecular complexity index is 422. The largest absolute Gasteiger partial charge is 0.481 e. The second-order valence-electron chi connectivity index (χ2n) is 3.14. The molecule has 78 valence electrons. The van der Waals surface area contributed by atoms with E-state index in [9.17, 15) is 4.79 Å². The second kappa shape index (κ2) is 4.55. The highest BCUT2D eigenvalue weighted by Gasteiger charge is 2.22. The standard InChI is InChI=1S/C10H9NO2S2/c12-10(13)8(9-5-15-6-11-9)3-7-1-2-14-4-7/h1-2,4-6,8H,3H2,(H,12,13). The zero-order valence-corrected chi connectivity index (χ0v) is 9.42. The molecule has 0 fully saturated rings. The van der Waals surface area contributed by atoms with Crippen LogP contribution in [0.4, 0.5) is 0 Å². The van der Waals surface area contributed by atoms with E-state index in [1.165, 1.54) is 11.3 Å². The Hall–Kier alpha value is -1.20. The molecule has 15 heavy (non-hydrogen) atoms.